The van der Waals surface area contributed by atoms with Crippen molar-refractivity contribution in [3.05, 3.63) is 0 Å². The molecule has 5 nitrogen and oxygen atoms in total. The van der Waals surface area contributed by atoms with Crippen molar-refractivity contribution in [1.82, 2.24) is 4.90 Å². The Hall–Kier alpha value is -1.10. The lowest BCUT2D eigenvalue weighted by Gasteiger charge is -2.19. The Morgan fingerprint density at radius 1 is 1.13 bits per heavy atom. The average molecular weight is 213 g/mol. The van der Waals surface area contributed by atoms with E-state index >= 15 is 0 Å². The molecule has 84 valence electrons. The normalized spacial score (nSPS) is 30.8. The number of aliphatic carboxylic acids is 1. The van der Waals surface area contributed by atoms with Crippen LogP contribution in [0.1, 0.15) is 25.7 Å². The molecule has 0 aromatic heterocycles. The lowest BCUT2D eigenvalue weighted by atomic mass is 10.2. The number of carboxylic acid groups (broad SMARTS) is 1. The molecule has 1 N–H and O–H groups in total. The van der Waals surface area contributed by atoms with E-state index in [0.717, 1.165) is 25.9 Å². The maximum Gasteiger partial charge on any atom is 0.332 e. The molecule has 2 fully saturated rings. The van der Waals surface area contributed by atoms with Crippen molar-refractivity contribution >= 4 is 11.9 Å². The number of hydrogen-bond acceptors (Lipinski definition) is 3. The maximum atomic E-state index is 11.8. The van der Waals surface area contributed by atoms with Crippen LogP contribution in [0.2, 0.25) is 0 Å². The molecule has 0 spiro atoms. The standard InChI is InChI=1S/C10H15NO4/c12-9(11-5-1-2-6-11)7-3-4-8(15-7)10(13)14/h7-8H,1-6H2,(H,13,14)/t7-,8-/m1/s1. The number of likely N-dealkylation sites (tertiary alicyclic amines) is 1. The summed E-state index contributed by atoms with van der Waals surface area (Å²) in [5.74, 6) is -0.997. The second kappa shape index (κ2) is 4.18. The lowest BCUT2D eigenvalue weighted by molar-refractivity contribution is -0.154. The monoisotopic (exact) mass is 213 g/mol. The first-order valence-electron chi connectivity index (χ1n) is 5.35. The van der Waals surface area contributed by atoms with E-state index in [0.29, 0.717) is 12.8 Å². The molecular formula is C10H15NO4. The van der Waals surface area contributed by atoms with Crippen molar-refractivity contribution in [3.63, 3.8) is 0 Å². The van der Waals surface area contributed by atoms with Gasteiger partial charge in [0.2, 0.25) is 0 Å². The van der Waals surface area contributed by atoms with Crippen LogP contribution in [0.4, 0.5) is 0 Å². The number of amides is 1. The smallest absolute Gasteiger partial charge is 0.332 e. The number of hydrogen-bond donors (Lipinski definition) is 1. The molecule has 0 radical (unpaired) electrons. The molecule has 2 atom stereocenters. The fourth-order valence-electron chi connectivity index (χ4n) is 2.14. The van der Waals surface area contributed by atoms with Crippen LogP contribution in [0.3, 0.4) is 0 Å². The van der Waals surface area contributed by atoms with Crippen LogP contribution >= 0.6 is 0 Å². The van der Waals surface area contributed by atoms with Crippen LogP contribution in [-0.4, -0.2) is 47.2 Å². The van der Waals surface area contributed by atoms with Gasteiger partial charge in [-0.15, -0.1) is 0 Å². The van der Waals surface area contributed by atoms with Crippen LogP contribution in [-0.2, 0) is 14.3 Å². The number of rotatable bonds is 2. The van der Waals surface area contributed by atoms with E-state index in [9.17, 15) is 9.59 Å². The molecule has 5 heteroatoms. The first-order valence-corrected chi connectivity index (χ1v) is 5.35. The third kappa shape index (κ3) is 2.12. The van der Waals surface area contributed by atoms with E-state index in [1.54, 1.807) is 4.90 Å². The summed E-state index contributed by atoms with van der Waals surface area (Å²) in [6, 6.07) is 0. The van der Waals surface area contributed by atoms with E-state index in [1.807, 2.05) is 0 Å². The summed E-state index contributed by atoms with van der Waals surface area (Å²) < 4.78 is 5.21. The molecule has 2 aliphatic heterocycles. The zero-order valence-corrected chi connectivity index (χ0v) is 8.52. The van der Waals surface area contributed by atoms with Gasteiger partial charge in [-0.05, 0) is 25.7 Å². The second-order valence-electron chi connectivity index (χ2n) is 4.06. The lowest BCUT2D eigenvalue weighted by Crippen LogP contribution is -2.37. The molecule has 0 saturated carbocycles. The minimum atomic E-state index is -0.966. The number of carbonyl (C=O) groups excluding carboxylic acids is 1. The van der Waals surface area contributed by atoms with Crippen LogP contribution in [0.5, 0.6) is 0 Å². The number of nitrogens with zero attached hydrogens (tertiary/aromatic N) is 1. The molecule has 2 aliphatic rings. The Labute approximate surface area is 88.0 Å². The van der Waals surface area contributed by atoms with Gasteiger partial charge in [0.25, 0.3) is 5.91 Å². The van der Waals surface area contributed by atoms with Gasteiger partial charge in [0.15, 0.2) is 6.10 Å². The van der Waals surface area contributed by atoms with Gasteiger partial charge in [-0.3, -0.25) is 4.79 Å². The van der Waals surface area contributed by atoms with E-state index < -0.39 is 18.2 Å². The molecule has 0 aromatic carbocycles. The van der Waals surface area contributed by atoms with Gasteiger partial charge in [0.05, 0.1) is 0 Å². The van der Waals surface area contributed by atoms with Crippen molar-refractivity contribution in [2.75, 3.05) is 13.1 Å². The molecule has 0 aromatic rings. The van der Waals surface area contributed by atoms with E-state index in [4.69, 9.17) is 9.84 Å². The highest BCUT2D eigenvalue weighted by molar-refractivity contribution is 5.82. The average Bonchev–Trinajstić information content (AvgIpc) is 2.88. The summed E-state index contributed by atoms with van der Waals surface area (Å²) in [5.41, 5.74) is 0. The Morgan fingerprint density at radius 3 is 2.27 bits per heavy atom. The minimum absolute atomic E-state index is 0.0312. The van der Waals surface area contributed by atoms with Gasteiger partial charge >= 0.3 is 5.97 Å². The molecule has 15 heavy (non-hydrogen) atoms. The number of carboxylic acids is 1. The van der Waals surface area contributed by atoms with Gasteiger partial charge in [0, 0.05) is 13.1 Å². The predicted molar refractivity (Wildman–Crippen MR) is 51.3 cm³/mol. The van der Waals surface area contributed by atoms with Gasteiger partial charge in [-0.2, -0.15) is 0 Å². The molecule has 0 bridgehead atoms. The molecule has 1 amide bonds. The molecular weight excluding hydrogens is 198 g/mol. The highest BCUT2D eigenvalue weighted by Crippen LogP contribution is 2.23. The van der Waals surface area contributed by atoms with Crippen LogP contribution in [0.15, 0.2) is 0 Å². The Morgan fingerprint density at radius 2 is 1.73 bits per heavy atom. The Balaban J connectivity index is 1.89. The number of ether oxygens (including phenoxy) is 1. The predicted octanol–water partition coefficient (Wildman–Crippen LogP) is 0.241. The Bertz CT molecular complexity index is 273. The summed E-state index contributed by atoms with van der Waals surface area (Å²) in [7, 11) is 0. The first-order chi connectivity index (χ1) is 7.18. The summed E-state index contributed by atoms with van der Waals surface area (Å²) >= 11 is 0. The van der Waals surface area contributed by atoms with Gasteiger partial charge in [-0.1, -0.05) is 0 Å². The molecule has 0 aliphatic carbocycles. The van der Waals surface area contributed by atoms with Gasteiger partial charge < -0.3 is 14.7 Å². The molecule has 0 unspecified atom stereocenters. The summed E-state index contributed by atoms with van der Waals surface area (Å²) in [4.78, 5) is 24.2. The fourth-order valence-corrected chi connectivity index (χ4v) is 2.14. The third-order valence-electron chi connectivity index (χ3n) is 2.99. The fraction of sp³-hybridized carbons (Fsp3) is 0.800. The number of carbonyl (C=O) groups is 2. The topological polar surface area (TPSA) is 66.8 Å². The van der Waals surface area contributed by atoms with E-state index in [1.165, 1.54) is 0 Å². The van der Waals surface area contributed by atoms with Crippen LogP contribution < -0.4 is 0 Å². The van der Waals surface area contributed by atoms with E-state index in [2.05, 4.69) is 0 Å². The first kappa shape index (κ1) is 10.4. The maximum absolute atomic E-state index is 11.8. The largest absolute Gasteiger partial charge is 0.479 e. The van der Waals surface area contributed by atoms with Crippen molar-refractivity contribution in [2.24, 2.45) is 0 Å². The molecule has 2 heterocycles. The van der Waals surface area contributed by atoms with Crippen molar-refractivity contribution in [2.45, 2.75) is 37.9 Å². The summed E-state index contributed by atoms with van der Waals surface area (Å²) in [6.07, 6.45) is 1.75. The second-order valence-corrected chi connectivity index (χ2v) is 4.06. The van der Waals surface area contributed by atoms with Crippen molar-refractivity contribution < 1.29 is 19.4 Å². The van der Waals surface area contributed by atoms with Crippen LogP contribution in [0.25, 0.3) is 0 Å². The Kier molecular flexibility index (Phi) is 2.90. The highest BCUT2D eigenvalue weighted by atomic mass is 16.5. The SMILES string of the molecule is O=C(O)[C@H]1CC[C@H](C(=O)N2CCCC2)O1. The third-order valence-corrected chi connectivity index (χ3v) is 2.99. The molecule has 2 rings (SSSR count). The zero-order chi connectivity index (χ0) is 10.8. The quantitative estimate of drug-likeness (QED) is 0.713. The zero-order valence-electron chi connectivity index (χ0n) is 8.52. The van der Waals surface area contributed by atoms with E-state index in [-0.39, 0.29) is 5.91 Å². The minimum Gasteiger partial charge on any atom is -0.479 e. The summed E-state index contributed by atoms with van der Waals surface area (Å²) in [6.45, 7) is 1.58. The highest BCUT2D eigenvalue weighted by Gasteiger charge is 2.37. The van der Waals surface area contributed by atoms with Gasteiger partial charge in [0.1, 0.15) is 6.10 Å². The molecule has 2 saturated heterocycles. The van der Waals surface area contributed by atoms with Crippen molar-refractivity contribution in [3.8, 4) is 0 Å². The summed E-state index contributed by atoms with van der Waals surface area (Å²) in [5, 5.41) is 8.73. The van der Waals surface area contributed by atoms with Gasteiger partial charge in [-0.25, -0.2) is 4.79 Å². The van der Waals surface area contributed by atoms with Crippen LogP contribution in [0, 0.1) is 0 Å². The van der Waals surface area contributed by atoms with Crippen molar-refractivity contribution in [1.29, 1.82) is 0 Å².